The van der Waals surface area contributed by atoms with Gasteiger partial charge in [-0.2, -0.15) is 4.31 Å². The third-order valence-electron chi connectivity index (χ3n) is 7.40. The Morgan fingerprint density at radius 3 is 2.50 bits per heavy atom. The van der Waals surface area contributed by atoms with Crippen LogP contribution in [0, 0.1) is 5.92 Å². The topological polar surface area (TPSA) is 117 Å². The van der Waals surface area contributed by atoms with Gasteiger partial charge in [-0.15, -0.1) is 12.4 Å². The number of anilines is 1. The van der Waals surface area contributed by atoms with E-state index in [1.54, 1.807) is 29.4 Å². The highest BCUT2D eigenvalue weighted by Gasteiger charge is 2.47. The zero-order valence-electron chi connectivity index (χ0n) is 19.3. The summed E-state index contributed by atoms with van der Waals surface area (Å²) in [4.78, 5) is 24.8. The minimum atomic E-state index is -3.30. The Labute approximate surface area is 206 Å². The smallest absolute Gasteiger partial charge is 0.265 e. The Morgan fingerprint density at radius 2 is 1.82 bits per heavy atom. The number of carbonyl (C=O) groups is 2. The third kappa shape index (κ3) is 5.05. The molecule has 4 heterocycles. The zero-order chi connectivity index (χ0) is 23.2. The molecule has 1 aromatic rings. The maximum absolute atomic E-state index is 13.2. The van der Waals surface area contributed by atoms with Crippen molar-refractivity contribution < 1.29 is 22.7 Å². The molecule has 1 aromatic carbocycles. The molecular formula is C23H33ClN4O5S. The average molecular weight is 513 g/mol. The normalized spacial score (nSPS) is 29.4. The largest absolute Gasteiger partial charge is 0.479 e. The second-order valence-electron chi connectivity index (χ2n) is 9.79. The molecule has 2 amide bonds. The summed E-state index contributed by atoms with van der Waals surface area (Å²) < 4.78 is 33.8. The lowest BCUT2D eigenvalue weighted by Crippen LogP contribution is -2.53. The lowest BCUT2D eigenvalue weighted by molar-refractivity contribution is -0.122. The fourth-order valence-corrected chi connectivity index (χ4v) is 8.15. The highest BCUT2D eigenvalue weighted by molar-refractivity contribution is 7.89. The fraction of sp³-hybridized carbons (Fsp3) is 0.652. The monoisotopic (exact) mass is 512 g/mol. The van der Waals surface area contributed by atoms with Crippen LogP contribution in [0.1, 0.15) is 55.8 Å². The van der Waals surface area contributed by atoms with Gasteiger partial charge in [0.15, 0.2) is 6.10 Å². The lowest BCUT2D eigenvalue weighted by Gasteiger charge is -2.39. The number of carbonyl (C=O) groups excluding carboxylic acids is 2. The lowest BCUT2D eigenvalue weighted by atomic mass is 9.99. The van der Waals surface area contributed by atoms with Gasteiger partial charge >= 0.3 is 0 Å². The average Bonchev–Trinajstić information content (AvgIpc) is 3.07. The fourth-order valence-electron chi connectivity index (χ4n) is 5.76. The predicted octanol–water partition coefficient (Wildman–Crippen LogP) is 1.88. The van der Waals surface area contributed by atoms with E-state index < -0.39 is 16.1 Å². The highest BCUT2D eigenvalue weighted by Crippen LogP contribution is 2.39. The van der Waals surface area contributed by atoms with Crippen molar-refractivity contribution in [3.63, 3.8) is 0 Å². The van der Waals surface area contributed by atoms with Crippen LogP contribution in [0.5, 0.6) is 5.75 Å². The van der Waals surface area contributed by atoms with Crippen LogP contribution in [-0.2, 0) is 14.8 Å². The molecule has 11 heteroatoms. The summed E-state index contributed by atoms with van der Waals surface area (Å²) in [6.07, 6.45) is 4.22. The molecule has 4 aliphatic rings. The van der Waals surface area contributed by atoms with Crippen molar-refractivity contribution in [2.45, 2.75) is 69.7 Å². The van der Waals surface area contributed by atoms with Gasteiger partial charge in [0.1, 0.15) is 5.75 Å². The number of nitrogens with zero attached hydrogens (tertiary/aromatic N) is 1. The molecule has 9 nitrogen and oxygen atoms in total. The molecule has 4 atom stereocenters. The second kappa shape index (κ2) is 10.0. The maximum atomic E-state index is 13.2. The minimum Gasteiger partial charge on any atom is -0.479 e. The summed E-state index contributed by atoms with van der Waals surface area (Å²) in [5, 5.41) is 9.15. The van der Waals surface area contributed by atoms with Crippen molar-refractivity contribution >= 4 is 39.9 Å². The molecule has 188 valence electrons. The van der Waals surface area contributed by atoms with Crippen LogP contribution in [0.25, 0.3) is 0 Å². The van der Waals surface area contributed by atoms with E-state index in [9.17, 15) is 18.0 Å². The standard InChI is InChI=1S/C23H32N4O5S.ClH/c1-14-22(28)26-20-10-16(2-5-21(20)32-14)23(29)25-17-11-18-3-4-19(12-17)27(18)33(30,31)13-15-6-8-24-9-7-15;/h2,5,10,14-15,17-19,24H,3-4,6-9,11-13H2,1H3,(H,25,29)(H,26,28);1H/t14-,17-,18+,19-;/m1./s1. The first-order valence-corrected chi connectivity index (χ1v) is 13.6. The summed E-state index contributed by atoms with van der Waals surface area (Å²) in [6, 6.07) is 4.85. The van der Waals surface area contributed by atoms with E-state index in [0.717, 1.165) is 38.8 Å². The molecule has 4 aliphatic heterocycles. The van der Waals surface area contributed by atoms with Gasteiger partial charge in [-0.1, -0.05) is 0 Å². The van der Waals surface area contributed by atoms with Gasteiger partial charge in [0, 0.05) is 23.7 Å². The highest BCUT2D eigenvalue weighted by atomic mass is 35.5. The number of rotatable bonds is 5. The van der Waals surface area contributed by atoms with Crippen molar-refractivity contribution in [2.24, 2.45) is 5.92 Å². The Hall–Kier alpha value is -1.88. The summed E-state index contributed by atoms with van der Waals surface area (Å²) in [7, 11) is -3.30. The number of nitrogens with one attached hydrogen (secondary N) is 3. The number of hydrogen-bond donors (Lipinski definition) is 3. The summed E-state index contributed by atoms with van der Waals surface area (Å²) in [5.41, 5.74) is 0.935. The number of piperidine rings is 2. The Bertz CT molecular complexity index is 1030. The number of halogens is 1. The Morgan fingerprint density at radius 1 is 1.15 bits per heavy atom. The summed E-state index contributed by atoms with van der Waals surface area (Å²) in [5.74, 6) is 0.546. The van der Waals surface area contributed by atoms with Crippen LogP contribution in [-0.4, -0.2) is 67.6 Å². The first-order valence-electron chi connectivity index (χ1n) is 11.9. The van der Waals surface area contributed by atoms with Crippen molar-refractivity contribution in [2.75, 3.05) is 24.2 Å². The number of ether oxygens (including phenoxy) is 1. The first kappa shape index (κ1) is 25.2. The number of hydrogen-bond acceptors (Lipinski definition) is 6. The Kier molecular flexibility index (Phi) is 7.42. The van der Waals surface area contributed by atoms with Crippen molar-refractivity contribution in [3.8, 4) is 5.75 Å². The number of amides is 2. The van der Waals surface area contributed by atoms with E-state index in [0.29, 0.717) is 29.8 Å². The predicted molar refractivity (Wildman–Crippen MR) is 131 cm³/mol. The molecule has 3 fully saturated rings. The van der Waals surface area contributed by atoms with Crippen molar-refractivity contribution in [1.82, 2.24) is 14.9 Å². The van der Waals surface area contributed by atoms with Crippen molar-refractivity contribution in [3.05, 3.63) is 23.8 Å². The maximum Gasteiger partial charge on any atom is 0.265 e. The van der Waals surface area contributed by atoms with Crippen LogP contribution >= 0.6 is 12.4 Å². The summed E-state index contributed by atoms with van der Waals surface area (Å²) >= 11 is 0. The SMILES string of the molecule is C[C@H]1Oc2ccc(C(=O)N[C@H]3C[C@H]4CC[C@@H](C3)N4S(=O)(=O)CC3CCNCC3)cc2NC1=O.Cl. The van der Waals surface area contributed by atoms with E-state index >= 15 is 0 Å². The van der Waals surface area contributed by atoms with E-state index in [1.807, 2.05) is 0 Å². The molecule has 3 saturated heterocycles. The van der Waals surface area contributed by atoms with E-state index in [-0.39, 0.29) is 54.0 Å². The van der Waals surface area contributed by atoms with Gasteiger partial charge in [-0.3, -0.25) is 9.59 Å². The molecule has 0 unspecified atom stereocenters. The van der Waals surface area contributed by atoms with Gasteiger partial charge in [0.25, 0.3) is 11.8 Å². The van der Waals surface area contributed by atoms with Crippen LogP contribution in [0.4, 0.5) is 5.69 Å². The molecule has 0 saturated carbocycles. The van der Waals surface area contributed by atoms with Gasteiger partial charge in [0.2, 0.25) is 10.0 Å². The molecule has 5 rings (SSSR count). The molecule has 0 spiro atoms. The van der Waals surface area contributed by atoms with E-state index in [2.05, 4.69) is 16.0 Å². The van der Waals surface area contributed by atoms with Gasteiger partial charge in [0.05, 0.1) is 11.4 Å². The third-order valence-corrected chi connectivity index (χ3v) is 9.53. The number of benzene rings is 1. The molecule has 34 heavy (non-hydrogen) atoms. The summed E-state index contributed by atoms with van der Waals surface area (Å²) in [6.45, 7) is 3.45. The van der Waals surface area contributed by atoms with Gasteiger partial charge < -0.3 is 20.7 Å². The molecule has 3 N–H and O–H groups in total. The first-order chi connectivity index (χ1) is 15.8. The molecule has 0 aliphatic carbocycles. The van der Waals surface area contributed by atoms with E-state index in [4.69, 9.17) is 4.74 Å². The molecular weight excluding hydrogens is 480 g/mol. The quantitative estimate of drug-likeness (QED) is 0.554. The van der Waals surface area contributed by atoms with Crippen molar-refractivity contribution in [1.29, 1.82) is 0 Å². The van der Waals surface area contributed by atoms with Crippen LogP contribution in [0.2, 0.25) is 0 Å². The molecule has 2 bridgehead atoms. The van der Waals surface area contributed by atoms with Crippen LogP contribution in [0.15, 0.2) is 18.2 Å². The van der Waals surface area contributed by atoms with E-state index in [1.165, 1.54) is 0 Å². The van der Waals surface area contributed by atoms with Crippen LogP contribution in [0.3, 0.4) is 0 Å². The Balaban J connectivity index is 0.00000274. The number of fused-ring (bicyclic) bond motifs is 3. The molecule has 0 radical (unpaired) electrons. The minimum absolute atomic E-state index is 0. The second-order valence-corrected chi connectivity index (χ2v) is 11.7. The number of sulfonamides is 1. The van der Waals surface area contributed by atoms with Gasteiger partial charge in [-0.25, -0.2) is 8.42 Å². The molecule has 0 aromatic heterocycles. The zero-order valence-corrected chi connectivity index (χ0v) is 20.9. The van der Waals surface area contributed by atoms with Crippen LogP contribution < -0.4 is 20.7 Å². The van der Waals surface area contributed by atoms with Gasteiger partial charge in [-0.05, 0) is 82.7 Å².